The molecule has 0 saturated heterocycles. The fourth-order valence-corrected chi connectivity index (χ4v) is 4.46. The third-order valence-electron chi connectivity index (χ3n) is 5.47. The second kappa shape index (κ2) is 10.8. The van der Waals surface area contributed by atoms with E-state index in [1.165, 1.54) is 24.0 Å². The number of benzene rings is 3. The predicted octanol–water partition coefficient (Wildman–Crippen LogP) is 6.76. The van der Waals surface area contributed by atoms with Crippen LogP contribution in [0.5, 0.6) is 11.5 Å². The van der Waals surface area contributed by atoms with Crippen molar-refractivity contribution >= 4 is 28.8 Å². The first-order valence-corrected chi connectivity index (χ1v) is 11.9. The van der Waals surface area contributed by atoms with Crippen molar-refractivity contribution in [3.05, 3.63) is 99.4 Å². The van der Waals surface area contributed by atoms with Crippen molar-refractivity contribution in [2.24, 2.45) is 0 Å². The number of carbonyl (C=O) groups excluding carboxylic acids is 1. The highest BCUT2D eigenvalue weighted by Crippen LogP contribution is 2.32. The van der Waals surface area contributed by atoms with Gasteiger partial charge in [0.1, 0.15) is 11.1 Å². The molecule has 0 atom stereocenters. The van der Waals surface area contributed by atoms with Crippen LogP contribution in [0.4, 0.5) is 0 Å². The largest absolute Gasteiger partial charge is 0.493 e. The Balaban J connectivity index is 1.54. The van der Waals surface area contributed by atoms with Gasteiger partial charge in [-0.05, 0) is 43.2 Å². The number of Topliss-reactive ketones (excluding diaryl/α,β-unsaturated/α-hetero) is 1. The maximum absolute atomic E-state index is 12.4. The van der Waals surface area contributed by atoms with E-state index in [0.29, 0.717) is 27.6 Å². The molecule has 0 fully saturated rings. The predicted molar refractivity (Wildman–Crippen MR) is 140 cm³/mol. The van der Waals surface area contributed by atoms with Gasteiger partial charge in [0.05, 0.1) is 18.4 Å². The first kappa shape index (κ1) is 23.9. The summed E-state index contributed by atoms with van der Waals surface area (Å²) >= 11 is 1.44. The molecule has 5 nitrogen and oxygen atoms in total. The van der Waals surface area contributed by atoms with Crippen LogP contribution in [0.15, 0.2) is 72.1 Å². The fourth-order valence-electron chi connectivity index (χ4n) is 3.67. The standard InChI is InChI=1S/C29H24N2O3S/c1-19-9-11-24(20(2)13-19)25-18-35-29(31-25)23(16-30)14-21-10-12-27(28(15-21)33-3)34-17-26(32)22-7-5-4-6-8-22/h4-15,18H,17H2,1-3H3/b23-14+. The Labute approximate surface area is 208 Å². The van der Waals surface area contributed by atoms with Gasteiger partial charge in [-0.3, -0.25) is 4.79 Å². The molecule has 1 heterocycles. The molecule has 0 radical (unpaired) electrons. The number of hydrogen-bond donors (Lipinski definition) is 0. The van der Waals surface area contributed by atoms with Gasteiger partial charge in [-0.2, -0.15) is 5.26 Å². The first-order valence-electron chi connectivity index (χ1n) is 11.0. The van der Waals surface area contributed by atoms with Crippen molar-refractivity contribution in [1.29, 1.82) is 5.26 Å². The highest BCUT2D eigenvalue weighted by Gasteiger charge is 2.13. The summed E-state index contributed by atoms with van der Waals surface area (Å²) in [7, 11) is 1.54. The third kappa shape index (κ3) is 5.65. The van der Waals surface area contributed by atoms with E-state index in [4.69, 9.17) is 14.5 Å². The minimum atomic E-state index is -0.119. The van der Waals surface area contributed by atoms with E-state index in [0.717, 1.165) is 22.4 Å². The summed E-state index contributed by atoms with van der Waals surface area (Å²) in [5, 5.41) is 12.4. The molecule has 1 aromatic heterocycles. The van der Waals surface area contributed by atoms with Crippen LogP contribution >= 0.6 is 11.3 Å². The molecule has 35 heavy (non-hydrogen) atoms. The number of allylic oxidation sites excluding steroid dienone is 1. The van der Waals surface area contributed by atoms with Gasteiger partial charge in [-0.1, -0.05) is 60.2 Å². The molecule has 0 saturated carbocycles. The lowest BCUT2D eigenvalue weighted by molar-refractivity contribution is 0.0919. The van der Waals surface area contributed by atoms with E-state index < -0.39 is 0 Å². The van der Waals surface area contributed by atoms with Crippen LogP contribution in [0.2, 0.25) is 0 Å². The smallest absolute Gasteiger partial charge is 0.200 e. The average molecular weight is 481 g/mol. The Bertz CT molecular complexity index is 1430. The summed E-state index contributed by atoms with van der Waals surface area (Å²) < 4.78 is 11.2. The summed E-state index contributed by atoms with van der Waals surface area (Å²) in [6, 6.07) is 22.8. The minimum absolute atomic E-state index is 0.0979. The van der Waals surface area contributed by atoms with Crippen LogP contribution in [-0.4, -0.2) is 24.5 Å². The summed E-state index contributed by atoms with van der Waals surface area (Å²) in [4.78, 5) is 17.1. The molecular weight excluding hydrogens is 456 g/mol. The third-order valence-corrected chi connectivity index (χ3v) is 6.34. The van der Waals surface area contributed by atoms with E-state index in [-0.39, 0.29) is 12.4 Å². The van der Waals surface area contributed by atoms with Crippen LogP contribution in [-0.2, 0) is 0 Å². The summed E-state index contributed by atoms with van der Waals surface area (Å²) in [5.74, 6) is 0.817. The molecule has 6 heteroatoms. The van der Waals surface area contributed by atoms with Crippen LogP contribution < -0.4 is 9.47 Å². The van der Waals surface area contributed by atoms with E-state index >= 15 is 0 Å². The lowest BCUT2D eigenvalue weighted by atomic mass is 10.0. The number of nitriles is 1. The van der Waals surface area contributed by atoms with Crippen LogP contribution in [0.3, 0.4) is 0 Å². The Morgan fingerprint density at radius 2 is 1.86 bits per heavy atom. The Morgan fingerprint density at radius 1 is 1.06 bits per heavy atom. The first-order chi connectivity index (χ1) is 17.0. The van der Waals surface area contributed by atoms with Crippen LogP contribution in [0, 0.1) is 25.2 Å². The number of nitrogens with zero attached hydrogens (tertiary/aromatic N) is 2. The number of rotatable bonds is 8. The maximum Gasteiger partial charge on any atom is 0.200 e. The van der Waals surface area contributed by atoms with Crippen molar-refractivity contribution in [3.63, 3.8) is 0 Å². The molecule has 0 aliphatic carbocycles. The number of ether oxygens (including phenoxy) is 2. The number of ketones is 1. The zero-order valence-electron chi connectivity index (χ0n) is 19.7. The fraction of sp³-hybridized carbons (Fsp3) is 0.138. The molecule has 0 amide bonds. The topological polar surface area (TPSA) is 72.2 Å². The number of hydrogen-bond acceptors (Lipinski definition) is 6. The zero-order valence-corrected chi connectivity index (χ0v) is 20.6. The van der Waals surface area contributed by atoms with Gasteiger partial charge in [0.2, 0.25) is 0 Å². The van der Waals surface area contributed by atoms with E-state index in [9.17, 15) is 10.1 Å². The zero-order chi connectivity index (χ0) is 24.8. The molecule has 0 spiro atoms. The molecule has 0 bridgehead atoms. The summed E-state index contributed by atoms with van der Waals surface area (Å²) in [6.45, 7) is 4.02. The number of aromatic nitrogens is 1. The van der Waals surface area contributed by atoms with Crippen LogP contribution in [0.25, 0.3) is 22.9 Å². The molecule has 0 aliphatic heterocycles. The molecule has 3 aromatic carbocycles. The molecular formula is C29H24N2O3S. The average Bonchev–Trinajstić information content (AvgIpc) is 3.36. The van der Waals surface area contributed by atoms with Gasteiger partial charge in [-0.25, -0.2) is 4.98 Å². The second-order valence-corrected chi connectivity index (χ2v) is 8.87. The number of methoxy groups -OCH3 is 1. The quantitative estimate of drug-likeness (QED) is 0.206. The molecule has 0 aliphatic rings. The molecule has 4 rings (SSSR count). The van der Waals surface area contributed by atoms with Gasteiger partial charge in [-0.15, -0.1) is 11.3 Å². The summed E-state index contributed by atoms with van der Waals surface area (Å²) in [6.07, 6.45) is 1.77. The Kier molecular flexibility index (Phi) is 7.39. The van der Waals surface area contributed by atoms with Gasteiger partial charge in [0.25, 0.3) is 0 Å². The van der Waals surface area contributed by atoms with Gasteiger partial charge in [0.15, 0.2) is 23.9 Å². The Hall–Kier alpha value is -4.21. The normalized spacial score (nSPS) is 11.1. The van der Waals surface area contributed by atoms with E-state index in [1.54, 1.807) is 30.3 Å². The lowest BCUT2D eigenvalue weighted by Crippen LogP contribution is -2.11. The second-order valence-electron chi connectivity index (χ2n) is 8.01. The van der Waals surface area contributed by atoms with E-state index in [1.807, 2.05) is 29.6 Å². The van der Waals surface area contributed by atoms with Crippen molar-refractivity contribution in [2.75, 3.05) is 13.7 Å². The lowest BCUT2D eigenvalue weighted by Gasteiger charge is -2.11. The SMILES string of the molecule is COc1cc(/C=C(\C#N)c2nc(-c3ccc(C)cc3C)cs2)ccc1OCC(=O)c1ccccc1. The van der Waals surface area contributed by atoms with Crippen molar-refractivity contribution in [3.8, 4) is 28.8 Å². The van der Waals surface area contributed by atoms with Gasteiger partial charge in [0, 0.05) is 16.5 Å². The molecule has 0 N–H and O–H groups in total. The highest BCUT2D eigenvalue weighted by molar-refractivity contribution is 7.11. The summed E-state index contributed by atoms with van der Waals surface area (Å²) in [5.41, 5.74) is 6.08. The molecule has 4 aromatic rings. The highest BCUT2D eigenvalue weighted by atomic mass is 32.1. The van der Waals surface area contributed by atoms with Crippen molar-refractivity contribution in [2.45, 2.75) is 13.8 Å². The maximum atomic E-state index is 12.4. The molecule has 0 unspecified atom stereocenters. The van der Waals surface area contributed by atoms with Gasteiger partial charge >= 0.3 is 0 Å². The Morgan fingerprint density at radius 3 is 2.57 bits per heavy atom. The van der Waals surface area contributed by atoms with Crippen LogP contribution in [0.1, 0.15) is 32.1 Å². The minimum Gasteiger partial charge on any atom is -0.493 e. The van der Waals surface area contributed by atoms with Crippen molar-refractivity contribution < 1.29 is 14.3 Å². The van der Waals surface area contributed by atoms with Crippen molar-refractivity contribution in [1.82, 2.24) is 4.98 Å². The number of aryl methyl sites for hydroxylation is 2. The monoisotopic (exact) mass is 480 g/mol. The van der Waals surface area contributed by atoms with E-state index in [2.05, 4.69) is 38.1 Å². The number of thiazole rings is 1. The molecule has 174 valence electrons. The number of carbonyl (C=O) groups is 1. The van der Waals surface area contributed by atoms with Gasteiger partial charge < -0.3 is 9.47 Å².